The summed E-state index contributed by atoms with van der Waals surface area (Å²) in [5.41, 5.74) is 8.21. The minimum absolute atomic E-state index is 0.00784. The minimum atomic E-state index is -0.587. The summed E-state index contributed by atoms with van der Waals surface area (Å²) in [7, 11) is 0. The first-order chi connectivity index (χ1) is 15.5. The van der Waals surface area contributed by atoms with Gasteiger partial charge < -0.3 is 19.9 Å². The lowest BCUT2D eigenvalue weighted by Crippen LogP contribution is -2.21. The van der Waals surface area contributed by atoms with E-state index < -0.39 is 11.9 Å². The van der Waals surface area contributed by atoms with E-state index >= 15 is 0 Å². The highest BCUT2D eigenvalue weighted by Crippen LogP contribution is 2.43. The van der Waals surface area contributed by atoms with Crippen LogP contribution in [0.3, 0.4) is 0 Å². The van der Waals surface area contributed by atoms with E-state index in [1.165, 1.54) is 0 Å². The van der Waals surface area contributed by atoms with Crippen LogP contribution in [-0.4, -0.2) is 12.6 Å². The van der Waals surface area contributed by atoms with Crippen LogP contribution in [0.1, 0.15) is 34.3 Å². The molecule has 3 aromatic carbocycles. The number of nitrogens with two attached hydrogens (primary N) is 1. The molecule has 0 amide bonds. The van der Waals surface area contributed by atoms with Crippen LogP contribution >= 0.6 is 11.6 Å². The van der Waals surface area contributed by atoms with Crippen LogP contribution in [0, 0.1) is 11.3 Å². The second-order valence-electron chi connectivity index (χ2n) is 7.00. The third-order valence-electron chi connectivity index (χ3n) is 5.02. The molecule has 32 heavy (non-hydrogen) atoms. The number of carbonyl (C=O) groups is 1. The Bertz CT molecular complexity index is 1250. The summed E-state index contributed by atoms with van der Waals surface area (Å²) in [4.78, 5) is 12.5. The van der Waals surface area contributed by atoms with Gasteiger partial charge >= 0.3 is 5.97 Å². The second-order valence-corrected chi connectivity index (χ2v) is 7.40. The van der Waals surface area contributed by atoms with E-state index in [0.717, 1.165) is 16.9 Å². The van der Waals surface area contributed by atoms with Gasteiger partial charge in [-0.25, -0.2) is 4.79 Å². The van der Waals surface area contributed by atoms with Crippen molar-refractivity contribution in [2.75, 3.05) is 6.61 Å². The third kappa shape index (κ3) is 4.11. The molecule has 1 aliphatic rings. The van der Waals surface area contributed by atoms with Crippen LogP contribution in [0.4, 0.5) is 0 Å². The first-order valence-electron chi connectivity index (χ1n) is 9.92. The molecule has 0 radical (unpaired) electrons. The highest BCUT2D eigenvalue weighted by atomic mass is 35.5. The van der Waals surface area contributed by atoms with Gasteiger partial charge in [0.15, 0.2) is 0 Å². The predicted molar refractivity (Wildman–Crippen MR) is 120 cm³/mol. The van der Waals surface area contributed by atoms with E-state index in [1.807, 2.05) is 31.2 Å². The Balaban J connectivity index is 1.67. The van der Waals surface area contributed by atoms with Crippen molar-refractivity contribution in [3.8, 4) is 23.3 Å². The summed E-state index contributed by atoms with van der Waals surface area (Å²) in [6, 6.07) is 21.2. The highest BCUT2D eigenvalue weighted by molar-refractivity contribution is 6.33. The van der Waals surface area contributed by atoms with Crippen molar-refractivity contribution in [2.24, 2.45) is 5.73 Å². The zero-order valence-electron chi connectivity index (χ0n) is 17.2. The average molecular weight is 447 g/mol. The predicted octanol–water partition coefficient (Wildman–Crippen LogP) is 5.18. The minimum Gasteiger partial charge on any atom is -0.494 e. The lowest BCUT2D eigenvalue weighted by Gasteiger charge is -2.26. The van der Waals surface area contributed by atoms with Gasteiger partial charge in [-0.3, -0.25) is 0 Å². The number of nitrogens with zero attached hydrogens (tertiary/aromatic N) is 1. The normalized spacial score (nSPS) is 14.7. The van der Waals surface area contributed by atoms with E-state index in [2.05, 4.69) is 6.07 Å². The van der Waals surface area contributed by atoms with Gasteiger partial charge in [0, 0.05) is 11.6 Å². The maximum Gasteiger partial charge on any atom is 0.345 e. The van der Waals surface area contributed by atoms with Crippen molar-refractivity contribution in [1.82, 2.24) is 0 Å². The molecule has 1 unspecified atom stereocenters. The van der Waals surface area contributed by atoms with Crippen LogP contribution in [0.25, 0.3) is 0 Å². The first kappa shape index (κ1) is 21.3. The summed E-state index contributed by atoms with van der Waals surface area (Å²) < 4.78 is 16.7. The number of ether oxygens (including phenoxy) is 3. The fourth-order valence-electron chi connectivity index (χ4n) is 3.55. The van der Waals surface area contributed by atoms with Gasteiger partial charge in [0.1, 0.15) is 28.9 Å². The number of carbonyl (C=O) groups excluding carboxylic acids is 1. The summed E-state index contributed by atoms with van der Waals surface area (Å²) in [6.45, 7) is 2.47. The Kier molecular flexibility index (Phi) is 6.02. The smallest absolute Gasteiger partial charge is 0.345 e. The molecule has 0 aliphatic carbocycles. The summed E-state index contributed by atoms with van der Waals surface area (Å²) in [6.07, 6.45) is 0. The monoisotopic (exact) mass is 446 g/mol. The number of fused-ring (bicyclic) bond motifs is 1. The van der Waals surface area contributed by atoms with Gasteiger partial charge in [-0.15, -0.1) is 0 Å². The summed E-state index contributed by atoms with van der Waals surface area (Å²) >= 11 is 6.08. The molecule has 1 heterocycles. The van der Waals surface area contributed by atoms with Crippen LogP contribution in [0.5, 0.6) is 17.2 Å². The van der Waals surface area contributed by atoms with Gasteiger partial charge in [0.2, 0.25) is 5.88 Å². The van der Waals surface area contributed by atoms with Crippen molar-refractivity contribution >= 4 is 17.6 Å². The van der Waals surface area contributed by atoms with Crippen molar-refractivity contribution in [3.63, 3.8) is 0 Å². The lowest BCUT2D eigenvalue weighted by molar-refractivity contribution is 0.0734. The molecule has 0 bridgehead atoms. The molecule has 0 saturated carbocycles. The van der Waals surface area contributed by atoms with Gasteiger partial charge in [-0.1, -0.05) is 41.9 Å². The number of nitriles is 1. The van der Waals surface area contributed by atoms with Crippen LogP contribution < -0.4 is 19.9 Å². The Morgan fingerprint density at radius 3 is 2.53 bits per heavy atom. The maximum atomic E-state index is 12.5. The Morgan fingerprint density at radius 2 is 1.84 bits per heavy atom. The van der Waals surface area contributed by atoms with Crippen LogP contribution in [0.2, 0.25) is 5.02 Å². The zero-order chi connectivity index (χ0) is 22.7. The zero-order valence-corrected chi connectivity index (χ0v) is 17.9. The SMILES string of the molecule is CCOc1ccc(C2C(C#N)=C(N)Oc3cc(OC(=O)c4ccccc4Cl)ccc32)cc1. The molecule has 3 aromatic rings. The molecule has 0 saturated heterocycles. The molecule has 4 rings (SSSR count). The first-order valence-corrected chi connectivity index (χ1v) is 10.3. The van der Waals surface area contributed by atoms with E-state index in [9.17, 15) is 10.1 Å². The van der Waals surface area contributed by atoms with Crippen molar-refractivity contribution < 1.29 is 19.0 Å². The number of allylic oxidation sites excluding steroid dienone is 1. The fourth-order valence-corrected chi connectivity index (χ4v) is 3.77. The van der Waals surface area contributed by atoms with Crippen LogP contribution in [0.15, 0.2) is 78.2 Å². The molecule has 2 N–H and O–H groups in total. The van der Waals surface area contributed by atoms with Crippen molar-refractivity contribution in [2.45, 2.75) is 12.8 Å². The molecule has 0 spiro atoms. The van der Waals surface area contributed by atoms with Crippen molar-refractivity contribution in [1.29, 1.82) is 5.26 Å². The van der Waals surface area contributed by atoms with Crippen molar-refractivity contribution in [3.05, 3.63) is 99.9 Å². The second kappa shape index (κ2) is 9.04. The molecule has 1 aliphatic heterocycles. The van der Waals surface area contributed by atoms with E-state index in [-0.39, 0.29) is 17.2 Å². The average Bonchev–Trinajstić information content (AvgIpc) is 2.79. The number of rotatable bonds is 5. The summed E-state index contributed by atoms with van der Waals surface area (Å²) in [5.74, 6) is 0.412. The molecule has 7 heteroatoms. The molecular formula is C25H19ClN2O4. The van der Waals surface area contributed by atoms with Gasteiger partial charge in [-0.05, 0) is 42.8 Å². The molecule has 0 fully saturated rings. The number of benzene rings is 3. The molecular weight excluding hydrogens is 428 g/mol. The van der Waals surface area contributed by atoms with E-state index in [1.54, 1.807) is 42.5 Å². The third-order valence-corrected chi connectivity index (χ3v) is 5.35. The number of halogens is 1. The van der Waals surface area contributed by atoms with Crippen LogP contribution in [-0.2, 0) is 0 Å². The quantitative estimate of drug-likeness (QED) is 0.429. The largest absolute Gasteiger partial charge is 0.494 e. The molecule has 6 nitrogen and oxygen atoms in total. The lowest BCUT2D eigenvalue weighted by atomic mass is 9.83. The van der Waals surface area contributed by atoms with Gasteiger partial charge in [0.25, 0.3) is 0 Å². The summed E-state index contributed by atoms with van der Waals surface area (Å²) in [5, 5.41) is 10.0. The Morgan fingerprint density at radius 1 is 1.12 bits per heavy atom. The highest BCUT2D eigenvalue weighted by Gasteiger charge is 2.31. The van der Waals surface area contributed by atoms with Gasteiger partial charge in [-0.2, -0.15) is 5.26 Å². The number of esters is 1. The molecule has 0 aromatic heterocycles. The van der Waals surface area contributed by atoms with Gasteiger partial charge in [0.05, 0.1) is 23.1 Å². The van der Waals surface area contributed by atoms with E-state index in [0.29, 0.717) is 23.0 Å². The molecule has 160 valence electrons. The number of hydrogen-bond acceptors (Lipinski definition) is 6. The molecule has 1 atom stereocenters. The Labute approximate surface area is 190 Å². The fraction of sp³-hybridized carbons (Fsp3) is 0.120. The number of hydrogen-bond donors (Lipinski definition) is 1. The maximum absolute atomic E-state index is 12.5. The standard InChI is InChI=1S/C25H19ClN2O4/c1-2-30-16-9-7-15(8-10-16)23-19-12-11-17(13-22(19)32-24(28)20(23)14-27)31-25(29)18-5-3-4-6-21(18)26/h3-13,23H,2,28H2,1H3. The Hall–Kier alpha value is -3.95. The van der Waals surface area contributed by atoms with E-state index in [4.69, 9.17) is 31.5 Å². The topological polar surface area (TPSA) is 94.6 Å².